The first kappa shape index (κ1) is 28.9. The maximum atomic E-state index is 13.8. The number of para-hydroxylation sites is 1. The molecule has 0 bridgehead atoms. The SMILES string of the molecule is Cc1ccc(C(C(=O)Nc2c(C)cccc2C)N(C)C(=O)C(NC(=O)OC(C)(C)C)C(C)C)c(C)c1. The highest BCUT2D eigenvalue weighted by Gasteiger charge is 2.36. The molecule has 2 aromatic carbocycles. The zero-order valence-corrected chi connectivity index (χ0v) is 23.3. The Bertz CT molecular complexity index is 1100. The van der Waals surface area contributed by atoms with Gasteiger partial charge in [0.15, 0.2) is 0 Å². The summed E-state index contributed by atoms with van der Waals surface area (Å²) < 4.78 is 5.38. The van der Waals surface area contributed by atoms with Gasteiger partial charge >= 0.3 is 6.09 Å². The van der Waals surface area contributed by atoms with Crippen molar-refractivity contribution in [2.75, 3.05) is 12.4 Å². The summed E-state index contributed by atoms with van der Waals surface area (Å²) in [6.45, 7) is 16.8. The molecule has 3 amide bonds. The Morgan fingerprint density at radius 1 is 0.917 bits per heavy atom. The molecule has 0 spiro atoms. The molecule has 0 saturated heterocycles. The predicted octanol–water partition coefficient (Wildman–Crippen LogP) is 5.61. The van der Waals surface area contributed by atoms with E-state index in [1.807, 2.05) is 77.9 Å². The molecule has 0 aliphatic carbocycles. The van der Waals surface area contributed by atoms with Crippen molar-refractivity contribution >= 4 is 23.6 Å². The number of amides is 3. The minimum atomic E-state index is -0.904. The number of rotatable bonds is 7. The number of likely N-dealkylation sites (N-methyl/N-ethyl adjacent to an activating group) is 1. The lowest BCUT2D eigenvalue weighted by molar-refractivity contribution is -0.140. The van der Waals surface area contributed by atoms with Gasteiger partial charge < -0.3 is 20.3 Å². The molecule has 2 unspecified atom stereocenters. The number of hydrogen-bond acceptors (Lipinski definition) is 4. The van der Waals surface area contributed by atoms with Crippen LogP contribution in [0.3, 0.4) is 0 Å². The summed E-state index contributed by atoms with van der Waals surface area (Å²) in [6, 6.07) is 9.84. The first-order valence-electron chi connectivity index (χ1n) is 12.3. The van der Waals surface area contributed by atoms with E-state index in [9.17, 15) is 14.4 Å². The van der Waals surface area contributed by atoms with E-state index in [1.54, 1.807) is 27.8 Å². The second-order valence-corrected chi connectivity index (χ2v) is 10.8. The number of anilines is 1. The highest BCUT2D eigenvalue weighted by Crippen LogP contribution is 2.29. The monoisotopic (exact) mass is 495 g/mol. The van der Waals surface area contributed by atoms with E-state index in [0.717, 1.165) is 33.5 Å². The number of benzene rings is 2. The van der Waals surface area contributed by atoms with Gasteiger partial charge in [0.2, 0.25) is 5.91 Å². The van der Waals surface area contributed by atoms with Gasteiger partial charge in [0.1, 0.15) is 17.7 Å². The molecule has 0 saturated carbocycles. The zero-order valence-electron chi connectivity index (χ0n) is 23.3. The summed E-state index contributed by atoms with van der Waals surface area (Å²) in [5.74, 6) is -0.929. The molecule has 2 atom stereocenters. The Balaban J connectivity index is 2.47. The van der Waals surface area contributed by atoms with Crippen LogP contribution in [0.15, 0.2) is 36.4 Å². The third-order valence-corrected chi connectivity index (χ3v) is 6.04. The van der Waals surface area contributed by atoms with Crippen molar-refractivity contribution in [2.45, 2.75) is 80.0 Å². The molecule has 7 nitrogen and oxygen atoms in total. The van der Waals surface area contributed by atoms with Crippen LogP contribution in [0.4, 0.5) is 10.5 Å². The van der Waals surface area contributed by atoms with Crippen molar-refractivity contribution in [2.24, 2.45) is 5.92 Å². The van der Waals surface area contributed by atoms with E-state index in [-0.39, 0.29) is 17.7 Å². The van der Waals surface area contributed by atoms with Crippen LogP contribution in [0.2, 0.25) is 0 Å². The second-order valence-electron chi connectivity index (χ2n) is 10.8. The summed E-state index contributed by atoms with van der Waals surface area (Å²) in [5.41, 5.74) is 4.58. The molecule has 2 rings (SSSR count). The number of nitrogens with one attached hydrogen (secondary N) is 2. The molecule has 0 radical (unpaired) electrons. The van der Waals surface area contributed by atoms with Crippen LogP contribution in [0.25, 0.3) is 0 Å². The number of hydrogen-bond donors (Lipinski definition) is 2. The fraction of sp³-hybridized carbons (Fsp3) is 0.483. The minimum Gasteiger partial charge on any atom is -0.444 e. The molecule has 0 aliphatic heterocycles. The number of carbonyl (C=O) groups excluding carboxylic acids is 3. The van der Waals surface area contributed by atoms with Crippen LogP contribution in [0.5, 0.6) is 0 Å². The van der Waals surface area contributed by atoms with Gasteiger partial charge in [-0.1, -0.05) is 55.8 Å². The van der Waals surface area contributed by atoms with Crippen molar-refractivity contribution in [3.63, 3.8) is 0 Å². The zero-order chi connectivity index (χ0) is 27.4. The van der Waals surface area contributed by atoms with Crippen LogP contribution < -0.4 is 10.6 Å². The third-order valence-electron chi connectivity index (χ3n) is 6.04. The van der Waals surface area contributed by atoms with Gasteiger partial charge in [-0.15, -0.1) is 0 Å². The van der Waals surface area contributed by atoms with Crippen LogP contribution in [-0.4, -0.2) is 41.5 Å². The first-order valence-corrected chi connectivity index (χ1v) is 12.3. The fourth-order valence-corrected chi connectivity index (χ4v) is 4.16. The van der Waals surface area contributed by atoms with Crippen molar-refractivity contribution in [3.05, 3.63) is 64.2 Å². The molecule has 196 valence electrons. The van der Waals surface area contributed by atoms with Gasteiger partial charge in [-0.3, -0.25) is 9.59 Å². The van der Waals surface area contributed by atoms with Gasteiger partial charge in [0.25, 0.3) is 5.91 Å². The Labute approximate surface area is 215 Å². The van der Waals surface area contributed by atoms with Crippen LogP contribution in [0.1, 0.15) is 68.5 Å². The number of ether oxygens (including phenoxy) is 1. The number of carbonyl (C=O) groups is 3. The molecular weight excluding hydrogens is 454 g/mol. The number of alkyl carbamates (subject to hydrolysis) is 1. The minimum absolute atomic E-state index is 0.228. The molecule has 0 heterocycles. The van der Waals surface area contributed by atoms with Crippen LogP contribution >= 0.6 is 0 Å². The normalized spacial score (nSPS) is 13.1. The summed E-state index contributed by atoms with van der Waals surface area (Å²) in [7, 11) is 1.60. The average molecular weight is 496 g/mol. The summed E-state index contributed by atoms with van der Waals surface area (Å²) in [5, 5.41) is 5.76. The molecule has 0 fully saturated rings. The lowest BCUT2D eigenvalue weighted by atomic mass is 9.95. The fourth-order valence-electron chi connectivity index (χ4n) is 4.16. The highest BCUT2D eigenvalue weighted by molar-refractivity contribution is 6.00. The first-order chi connectivity index (χ1) is 16.6. The largest absolute Gasteiger partial charge is 0.444 e. The molecule has 0 aromatic heterocycles. The van der Waals surface area contributed by atoms with Gasteiger partial charge in [-0.05, 0) is 76.6 Å². The van der Waals surface area contributed by atoms with Crippen molar-refractivity contribution in [1.82, 2.24) is 10.2 Å². The summed E-state index contributed by atoms with van der Waals surface area (Å²) >= 11 is 0. The molecule has 36 heavy (non-hydrogen) atoms. The summed E-state index contributed by atoms with van der Waals surface area (Å²) in [4.78, 5) is 41.4. The third kappa shape index (κ3) is 7.33. The van der Waals surface area contributed by atoms with E-state index >= 15 is 0 Å². The number of aryl methyl sites for hydroxylation is 4. The lowest BCUT2D eigenvalue weighted by Crippen LogP contribution is -2.53. The second kappa shape index (κ2) is 11.6. The van der Waals surface area contributed by atoms with E-state index in [4.69, 9.17) is 4.74 Å². The summed E-state index contributed by atoms with van der Waals surface area (Å²) in [6.07, 6.45) is -0.675. The Hall–Kier alpha value is -3.35. The van der Waals surface area contributed by atoms with Crippen molar-refractivity contribution < 1.29 is 19.1 Å². The maximum Gasteiger partial charge on any atom is 0.408 e. The molecule has 0 aliphatic rings. The lowest BCUT2D eigenvalue weighted by Gasteiger charge is -2.33. The Morgan fingerprint density at radius 3 is 2.00 bits per heavy atom. The molecule has 2 aromatic rings. The highest BCUT2D eigenvalue weighted by atomic mass is 16.6. The quantitative estimate of drug-likeness (QED) is 0.523. The van der Waals surface area contributed by atoms with E-state index in [1.165, 1.54) is 4.90 Å². The van der Waals surface area contributed by atoms with E-state index < -0.39 is 23.8 Å². The molecular formula is C29H41N3O4. The topological polar surface area (TPSA) is 87.7 Å². The maximum absolute atomic E-state index is 13.8. The van der Waals surface area contributed by atoms with Crippen molar-refractivity contribution in [1.29, 1.82) is 0 Å². The Kier molecular flexibility index (Phi) is 9.30. The van der Waals surface area contributed by atoms with Crippen LogP contribution in [0, 0.1) is 33.6 Å². The molecule has 7 heteroatoms. The number of nitrogens with zero attached hydrogens (tertiary/aromatic N) is 1. The average Bonchev–Trinajstić information content (AvgIpc) is 2.74. The van der Waals surface area contributed by atoms with Crippen molar-refractivity contribution in [3.8, 4) is 0 Å². The van der Waals surface area contributed by atoms with Gasteiger partial charge in [-0.25, -0.2) is 4.79 Å². The van der Waals surface area contributed by atoms with E-state index in [0.29, 0.717) is 0 Å². The van der Waals surface area contributed by atoms with E-state index in [2.05, 4.69) is 10.6 Å². The van der Waals surface area contributed by atoms with Gasteiger partial charge in [-0.2, -0.15) is 0 Å². The van der Waals surface area contributed by atoms with Crippen LogP contribution in [-0.2, 0) is 14.3 Å². The smallest absolute Gasteiger partial charge is 0.408 e. The van der Waals surface area contributed by atoms with Gasteiger partial charge in [0, 0.05) is 12.7 Å². The van der Waals surface area contributed by atoms with Gasteiger partial charge in [0.05, 0.1) is 0 Å². The molecule has 2 N–H and O–H groups in total. The standard InChI is InChI=1S/C29H41N3O4/c1-17(2)23(31-28(35)36-29(7,8)9)27(34)32(10)25(22-15-14-18(3)16-21(22)6)26(33)30-24-19(4)12-11-13-20(24)5/h11-17,23,25H,1-10H3,(H,30,33)(H,31,35). The Morgan fingerprint density at radius 2 is 1.50 bits per heavy atom. The predicted molar refractivity (Wildman–Crippen MR) is 144 cm³/mol.